The predicted molar refractivity (Wildman–Crippen MR) is 49.6 cm³/mol. The second kappa shape index (κ2) is 3.76. The maximum absolute atomic E-state index is 11.6. The molecule has 0 aromatic carbocycles. The van der Waals surface area contributed by atoms with Crippen molar-refractivity contribution in [2.45, 2.75) is 45.4 Å². The van der Waals surface area contributed by atoms with Crippen molar-refractivity contribution < 1.29 is 4.79 Å². The number of terminal acetylenes is 1. The Morgan fingerprint density at radius 1 is 1.42 bits per heavy atom. The Morgan fingerprint density at radius 3 is 2.50 bits per heavy atom. The van der Waals surface area contributed by atoms with Gasteiger partial charge in [-0.3, -0.25) is 4.79 Å². The molecule has 1 saturated carbocycles. The van der Waals surface area contributed by atoms with Crippen molar-refractivity contribution in [1.82, 2.24) is 0 Å². The summed E-state index contributed by atoms with van der Waals surface area (Å²) in [6.45, 7) is 2.06. The van der Waals surface area contributed by atoms with E-state index < -0.39 is 0 Å². The summed E-state index contributed by atoms with van der Waals surface area (Å²) in [6.07, 6.45) is 11.2. The molecule has 66 valence electrons. The summed E-state index contributed by atoms with van der Waals surface area (Å²) in [4.78, 5) is 11.6. The lowest BCUT2D eigenvalue weighted by molar-refractivity contribution is -0.128. The normalized spacial score (nSPS) is 21.3. The van der Waals surface area contributed by atoms with E-state index in [1.165, 1.54) is 19.3 Å². The standard InChI is InChI=1S/C11H16O/c1-3-7-10(12)11(2)8-5-4-6-9-11/h1H,4-9H2,2H3. The average Bonchev–Trinajstić information content (AvgIpc) is 2.06. The van der Waals surface area contributed by atoms with Crippen LogP contribution in [0.2, 0.25) is 0 Å². The van der Waals surface area contributed by atoms with Crippen LogP contribution < -0.4 is 0 Å². The van der Waals surface area contributed by atoms with E-state index in [2.05, 4.69) is 12.8 Å². The van der Waals surface area contributed by atoms with E-state index >= 15 is 0 Å². The molecular weight excluding hydrogens is 148 g/mol. The number of hydrogen-bond acceptors (Lipinski definition) is 1. The Balaban J connectivity index is 2.57. The molecule has 1 fully saturated rings. The van der Waals surface area contributed by atoms with Crippen molar-refractivity contribution in [3.8, 4) is 12.3 Å². The van der Waals surface area contributed by atoms with Crippen molar-refractivity contribution in [2.75, 3.05) is 0 Å². The zero-order chi connectivity index (χ0) is 9.03. The zero-order valence-corrected chi connectivity index (χ0v) is 7.73. The maximum Gasteiger partial charge on any atom is 0.150 e. The van der Waals surface area contributed by atoms with Crippen LogP contribution in [0, 0.1) is 17.8 Å². The zero-order valence-electron chi connectivity index (χ0n) is 7.73. The number of ketones is 1. The second-order valence-corrected chi connectivity index (χ2v) is 3.93. The van der Waals surface area contributed by atoms with Crippen LogP contribution in [-0.4, -0.2) is 5.78 Å². The van der Waals surface area contributed by atoms with Crippen LogP contribution in [0.15, 0.2) is 0 Å². The van der Waals surface area contributed by atoms with Crippen LogP contribution in [0.3, 0.4) is 0 Å². The van der Waals surface area contributed by atoms with E-state index in [0.29, 0.717) is 6.42 Å². The Hall–Kier alpha value is -0.770. The fraction of sp³-hybridized carbons (Fsp3) is 0.727. The number of carbonyl (C=O) groups excluding carboxylic acids is 1. The SMILES string of the molecule is C#CCC(=O)C1(C)CCCCC1. The van der Waals surface area contributed by atoms with Crippen LogP contribution in [0.25, 0.3) is 0 Å². The highest BCUT2D eigenvalue weighted by Gasteiger charge is 2.33. The number of hydrogen-bond donors (Lipinski definition) is 0. The Bertz CT molecular complexity index is 204. The third kappa shape index (κ3) is 1.88. The third-order valence-corrected chi connectivity index (χ3v) is 2.89. The minimum absolute atomic E-state index is 0.0926. The average molecular weight is 164 g/mol. The van der Waals surface area contributed by atoms with Gasteiger partial charge in [0.05, 0.1) is 6.42 Å². The van der Waals surface area contributed by atoms with E-state index in [1.807, 2.05) is 0 Å². The Morgan fingerprint density at radius 2 is 2.00 bits per heavy atom. The molecule has 0 N–H and O–H groups in total. The maximum atomic E-state index is 11.6. The van der Waals surface area contributed by atoms with E-state index in [1.54, 1.807) is 0 Å². The monoisotopic (exact) mass is 164 g/mol. The predicted octanol–water partition coefficient (Wildman–Crippen LogP) is 2.55. The van der Waals surface area contributed by atoms with Crippen molar-refractivity contribution >= 4 is 5.78 Å². The largest absolute Gasteiger partial charge is 0.298 e. The van der Waals surface area contributed by atoms with Crippen molar-refractivity contribution in [2.24, 2.45) is 5.41 Å². The van der Waals surface area contributed by atoms with Gasteiger partial charge in [-0.1, -0.05) is 32.1 Å². The summed E-state index contributed by atoms with van der Waals surface area (Å²) in [5.74, 6) is 2.71. The van der Waals surface area contributed by atoms with E-state index in [0.717, 1.165) is 12.8 Å². The minimum atomic E-state index is -0.0926. The summed E-state index contributed by atoms with van der Waals surface area (Å²) >= 11 is 0. The Kier molecular flexibility index (Phi) is 2.92. The number of rotatable bonds is 2. The van der Waals surface area contributed by atoms with Gasteiger partial charge in [0.15, 0.2) is 5.78 Å². The van der Waals surface area contributed by atoms with Gasteiger partial charge in [0.1, 0.15) is 0 Å². The van der Waals surface area contributed by atoms with Gasteiger partial charge in [0.25, 0.3) is 0 Å². The number of carbonyl (C=O) groups is 1. The molecule has 0 aromatic rings. The molecule has 0 spiro atoms. The van der Waals surface area contributed by atoms with E-state index in [-0.39, 0.29) is 11.2 Å². The molecule has 1 nitrogen and oxygen atoms in total. The quantitative estimate of drug-likeness (QED) is 0.573. The van der Waals surface area contributed by atoms with Gasteiger partial charge in [-0.05, 0) is 12.8 Å². The molecule has 1 heteroatoms. The fourth-order valence-electron chi connectivity index (χ4n) is 1.92. The first-order valence-corrected chi connectivity index (χ1v) is 4.66. The lowest BCUT2D eigenvalue weighted by Crippen LogP contribution is -2.29. The molecule has 0 heterocycles. The summed E-state index contributed by atoms with van der Waals surface area (Å²) < 4.78 is 0. The van der Waals surface area contributed by atoms with Gasteiger partial charge < -0.3 is 0 Å². The van der Waals surface area contributed by atoms with E-state index in [4.69, 9.17) is 6.42 Å². The van der Waals surface area contributed by atoms with Gasteiger partial charge in [-0.15, -0.1) is 6.42 Å². The molecule has 0 unspecified atom stereocenters. The number of Topliss-reactive ketones (excluding diaryl/α,β-unsaturated/α-hetero) is 1. The second-order valence-electron chi connectivity index (χ2n) is 3.93. The molecule has 0 bridgehead atoms. The molecule has 0 radical (unpaired) electrons. The fourth-order valence-corrected chi connectivity index (χ4v) is 1.92. The minimum Gasteiger partial charge on any atom is -0.298 e. The van der Waals surface area contributed by atoms with Crippen molar-refractivity contribution in [3.05, 3.63) is 0 Å². The van der Waals surface area contributed by atoms with Crippen LogP contribution in [-0.2, 0) is 4.79 Å². The molecule has 0 aliphatic heterocycles. The van der Waals surface area contributed by atoms with Gasteiger partial charge in [0.2, 0.25) is 0 Å². The van der Waals surface area contributed by atoms with Crippen molar-refractivity contribution in [1.29, 1.82) is 0 Å². The topological polar surface area (TPSA) is 17.1 Å². The highest BCUT2D eigenvalue weighted by atomic mass is 16.1. The molecule has 0 saturated heterocycles. The molecule has 0 atom stereocenters. The van der Waals surface area contributed by atoms with Gasteiger partial charge in [-0.25, -0.2) is 0 Å². The highest BCUT2D eigenvalue weighted by Crippen LogP contribution is 2.37. The lowest BCUT2D eigenvalue weighted by atomic mass is 9.72. The van der Waals surface area contributed by atoms with Crippen LogP contribution >= 0.6 is 0 Å². The van der Waals surface area contributed by atoms with Crippen molar-refractivity contribution in [3.63, 3.8) is 0 Å². The molecule has 0 amide bonds. The Labute approximate surface area is 74.5 Å². The van der Waals surface area contributed by atoms with Gasteiger partial charge in [-0.2, -0.15) is 0 Å². The molecular formula is C11H16O. The highest BCUT2D eigenvalue weighted by molar-refractivity contribution is 5.86. The first-order chi connectivity index (χ1) is 5.69. The summed E-state index contributed by atoms with van der Waals surface area (Å²) in [6, 6.07) is 0. The first-order valence-electron chi connectivity index (χ1n) is 4.66. The smallest absolute Gasteiger partial charge is 0.150 e. The van der Waals surface area contributed by atoms with Gasteiger partial charge >= 0.3 is 0 Å². The van der Waals surface area contributed by atoms with Crippen LogP contribution in [0.1, 0.15) is 45.4 Å². The molecule has 12 heavy (non-hydrogen) atoms. The summed E-state index contributed by atoms with van der Waals surface area (Å²) in [5, 5.41) is 0. The molecule has 0 aromatic heterocycles. The molecule has 1 aliphatic carbocycles. The third-order valence-electron chi connectivity index (χ3n) is 2.89. The lowest BCUT2D eigenvalue weighted by Gasteiger charge is -2.31. The van der Waals surface area contributed by atoms with Crippen LogP contribution in [0.5, 0.6) is 0 Å². The van der Waals surface area contributed by atoms with Crippen LogP contribution in [0.4, 0.5) is 0 Å². The van der Waals surface area contributed by atoms with E-state index in [9.17, 15) is 4.79 Å². The van der Waals surface area contributed by atoms with Gasteiger partial charge in [0, 0.05) is 5.41 Å². The summed E-state index contributed by atoms with van der Waals surface area (Å²) in [7, 11) is 0. The molecule has 1 rings (SSSR count). The summed E-state index contributed by atoms with van der Waals surface area (Å²) in [5.41, 5.74) is -0.0926. The molecule has 1 aliphatic rings. The first kappa shape index (κ1) is 9.32.